The van der Waals surface area contributed by atoms with E-state index in [4.69, 9.17) is 19.2 Å². The zero-order valence-corrected chi connectivity index (χ0v) is 5.42. The van der Waals surface area contributed by atoms with E-state index in [9.17, 15) is 0 Å². The van der Waals surface area contributed by atoms with Gasteiger partial charge in [-0.25, -0.2) is 4.57 Å². The fourth-order valence-electron chi connectivity index (χ4n) is 0. The molecule has 0 aliphatic carbocycles. The Morgan fingerprint density at radius 1 is 1.14 bits per heavy atom. The zero-order valence-electron chi connectivity index (χ0n) is 2.64. The van der Waals surface area contributed by atoms with Crippen molar-refractivity contribution in [2.75, 3.05) is 0 Å². The third-order valence-electron chi connectivity index (χ3n) is 0. The van der Waals surface area contributed by atoms with Crippen LogP contribution in [0.1, 0.15) is 0 Å². The van der Waals surface area contributed by atoms with Crippen molar-refractivity contribution < 1.29 is 19.2 Å². The van der Waals surface area contributed by atoms with Crippen LogP contribution in [-0.2, 0) is 4.57 Å². The molecule has 3 radical (unpaired) electrons. The first-order valence-electron chi connectivity index (χ1n) is 0.783. The summed E-state index contributed by atoms with van der Waals surface area (Å²) < 4.78 is 8.88. The number of hydrogen-bond donors (Lipinski definition) is 3. The van der Waals surface area contributed by atoms with Crippen LogP contribution in [0.4, 0.5) is 0 Å². The molecule has 0 heterocycles. The van der Waals surface area contributed by atoms with Crippen LogP contribution in [0.3, 0.4) is 0 Å². The van der Waals surface area contributed by atoms with Gasteiger partial charge in [0, 0.05) is 18.0 Å². The van der Waals surface area contributed by atoms with Gasteiger partial charge in [-0.1, -0.05) is 0 Å². The van der Waals surface area contributed by atoms with Crippen LogP contribution < -0.4 is 0 Å². The molecule has 0 unspecified atom stereocenters. The number of rotatable bonds is 0. The van der Waals surface area contributed by atoms with Gasteiger partial charge < -0.3 is 14.7 Å². The van der Waals surface area contributed by atoms with Crippen molar-refractivity contribution >= 4 is 77.2 Å². The summed E-state index contributed by atoms with van der Waals surface area (Å²) in [5, 5.41) is 0. The van der Waals surface area contributed by atoms with Crippen LogP contribution in [0.15, 0.2) is 0 Å². The fraction of sp³-hybridized carbons (Fsp3) is 0. The van der Waals surface area contributed by atoms with Gasteiger partial charge in [-0.05, 0) is 0 Å². The van der Waals surface area contributed by atoms with Gasteiger partial charge in [0.1, 0.15) is 0 Å². The van der Waals surface area contributed by atoms with Crippen molar-refractivity contribution in [2.24, 2.45) is 0 Å². The molecule has 0 aromatic carbocycles. The normalized spacial score (nSPS) is 8.43. The Labute approximate surface area is 94.7 Å². The summed E-state index contributed by atoms with van der Waals surface area (Å²) in [6, 6.07) is 0. The Morgan fingerprint density at radius 3 is 1.14 bits per heavy atom. The van der Waals surface area contributed by atoms with E-state index >= 15 is 0 Å². The molecule has 7 heteroatoms. The van der Waals surface area contributed by atoms with Gasteiger partial charge in [0.2, 0.25) is 0 Å². The van der Waals surface area contributed by atoms with E-state index in [-0.39, 0.29) is 69.3 Å². The minimum absolute atomic E-state index is 0. The van der Waals surface area contributed by atoms with Gasteiger partial charge in [-0.2, -0.15) is 0 Å². The molecular weight excluding hydrogens is 209 g/mol. The molecule has 0 aromatic rings. The summed E-state index contributed by atoms with van der Waals surface area (Å²) >= 11 is 0. The van der Waals surface area contributed by atoms with Gasteiger partial charge in [-0.3, -0.25) is 0 Å². The third kappa shape index (κ3) is 62.1. The molecule has 0 aliphatic heterocycles. The van der Waals surface area contributed by atoms with Crippen molar-refractivity contribution in [1.29, 1.82) is 0 Å². The molecule has 0 rings (SSSR count). The Hall–Kier alpha value is 2.30. The molecule has 0 bridgehead atoms. The van der Waals surface area contributed by atoms with Crippen LogP contribution in [0.25, 0.3) is 0 Å². The summed E-state index contributed by atoms with van der Waals surface area (Å²) in [5.41, 5.74) is 0. The average Bonchev–Trinajstić information content (AvgIpc) is 0.722. The molecule has 0 aromatic heterocycles. The molecule has 0 fully saturated rings. The van der Waals surface area contributed by atoms with Crippen molar-refractivity contribution in [1.82, 2.24) is 0 Å². The van der Waals surface area contributed by atoms with Gasteiger partial charge in [0.05, 0.1) is 0 Å². The topological polar surface area (TPSA) is 77.8 Å². The molecule has 7 heavy (non-hydrogen) atoms. The predicted octanol–water partition coefficient (Wildman–Crippen LogP) is -1.96. The van der Waals surface area contributed by atoms with E-state index in [2.05, 4.69) is 0 Å². The Kier molecular flexibility index (Phi) is 14.8. The molecule has 0 atom stereocenters. The van der Waals surface area contributed by atoms with Crippen molar-refractivity contribution in [3.05, 3.63) is 0 Å². The SMILES string of the molecule is O=P(O)(O)O.[As].[KH]. The second-order valence-electron chi connectivity index (χ2n) is 0.513. The maximum atomic E-state index is 8.88. The third-order valence-corrected chi connectivity index (χ3v) is 0. The quantitative estimate of drug-likeness (QED) is 0.322. The second kappa shape index (κ2) is 6.43. The van der Waals surface area contributed by atoms with E-state index in [0.29, 0.717) is 0 Å². The van der Waals surface area contributed by atoms with Crippen LogP contribution in [0, 0.1) is 0 Å². The number of hydrogen-bond acceptors (Lipinski definition) is 1. The van der Waals surface area contributed by atoms with E-state index in [1.54, 1.807) is 0 Å². The summed E-state index contributed by atoms with van der Waals surface area (Å²) in [4.78, 5) is 21.6. The first kappa shape index (κ1) is 16.1. The Bertz CT molecular complexity index is 57.8. The summed E-state index contributed by atoms with van der Waals surface area (Å²) in [5.74, 6) is 0. The number of phosphoric acid groups is 1. The first-order valence-corrected chi connectivity index (χ1v) is 2.35. The summed E-state index contributed by atoms with van der Waals surface area (Å²) in [6.45, 7) is 0. The molecule has 0 amide bonds. The fourth-order valence-corrected chi connectivity index (χ4v) is 0. The molecule has 0 spiro atoms. The molecule has 39 valence electrons. The van der Waals surface area contributed by atoms with Crippen molar-refractivity contribution in [3.8, 4) is 0 Å². The predicted molar refractivity (Wildman–Crippen MR) is 27.2 cm³/mol. The second-order valence-corrected chi connectivity index (χ2v) is 1.54. The van der Waals surface area contributed by atoms with Crippen LogP contribution in [0.2, 0.25) is 0 Å². The Balaban J connectivity index is -0.0000000800. The molecule has 4 nitrogen and oxygen atoms in total. The monoisotopic (exact) mass is 213 g/mol. The zero-order chi connectivity index (χ0) is 4.50. The van der Waals surface area contributed by atoms with E-state index < -0.39 is 7.82 Å². The van der Waals surface area contributed by atoms with Crippen molar-refractivity contribution in [2.45, 2.75) is 0 Å². The van der Waals surface area contributed by atoms with Crippen LogP contribution in [-0.4, -0.2) is 84.0 Å². The van der Waals surface area contributed by atoms with E-state index in [1.807, 2.05) is 0 Å². The van der Waals surface area contributed by atoms with Gasteiger partial charge in [0.25, 0.3) is 0 Å². The van der Waals surface area contributed by atoms with Crippen LogP contribution in [0.5, 0.6) is 0 Å². The van der Waals surface area contributed by atoms with Gasteiger partial charge in [0.15, 0.2) is 0 Å². The first-order chi connectivity index (χ1) is 2.00. The molecular formula is H4AsKO4P. The summed E-state index contributed by atoms with van der Waals surface area (Å²) in [6.07, 6.45) is 0. The van der Waals surface area contributed by atoms with Crippen LogP contribution >= 0.6 is 7.82 Å². The maximum absolute atomic E-state index is 8.88. The molecule has 0 aliphatic rings. The van der Waals surface area contributed by atoms with Gasteiger partial charge in [-0.15, -0.1) is 0 Å². The Morgan fingerprint density at radius 2 is 1.14 bits per heavy atom. The molecule has 0 saturated heterocycles. The van der Waals surface area contributed by atoms with E-state index in [1.165, 1.54) is 0 Å². The van der Waals surface area contributed by atoms with Crippen molar-refractivity contribution in [3.63, 3.8) is 0 Å². The summed E-state index contributed by atoms with van der Waals surface area (Å²) in [7, 11) is -4.64. The van der Waals surface area contributed by atoms with E-state index in [0.717, 1.165) is 0 Å². The molecule has 3 N–H and O–H groups in total. The average molecular weight is 213 g/mol. The minimum atomic E-state index is -4.64. The standard InChI is InChI=1S/As.K.H3O4P.H/c;;1-5(2,3)4;/h;;(H3,1,2,3,4);. The van der Waals surface area contributed by atoms with Gasteiger partial charge >= 0.3 is 59.2 Å². The molecule has 0 saturated carbocycles.